The van der Waals surface area contributed by atoms with Crippen molar-refractivity contribution in [2.75, 3.05) is 0 Å². The molecule has 1 rings (SSSR count). The molecular weight excluding hydrogens is 260 g/mol. The molecule has 19 heavy (non-hydrogen) atoms. The normalized spacial score (nSPS) is 12.5. The maximum atomic E-state index is 12.2. The average molecular weight is 280 g/mol. The van der Waals surface area contributed by atoms with Gasteiger partial charge in [0.25, 0.3) is 0 Å². The highest BCUT2D eigenvalue weighted by Crippen LogP contribution is 2.19. The first-order valence-corrected chi connectivity index (χ1v) is 7.89. The van der Waals surface area contributed by atoms with E-state index in [2.05, 4.69) is 0 Å². The maximum absolute atomic E-state index is 12.2. The van der Waals surface area contributed by atoms with Crippen molar-refractivity contribution < 1.29 is 13.2 Å². The summed E-state index contributed by atoms with van der Waals surface area (Å²) in [5, 5.41) is 0. The number of aryl methyl sites for hydroxylation is 1. The van der Waals surface area contributed by atoms with Crippen molar-refractivity contribution in [3.63, 3.8) is 0 Å². The van der Waals surface area contributed by atoms with Crippen molar-refractivity contribution >= 4 is 15.6 Å². The molecule has 1 aromatic rings. The van der Waals surface area contributed by atoms with Crippen LogP contribution in [0.1, 0.15) is 38.7 Å². The summed E-state index contributed by atoms with van der Waals surface area (Å²) in [6, 6.07) is 6.63. The largest absolute Gasteiger partial charge is 0.295 e. The Morgan fingerprint density at radius 3 is 2.32 bits per heavy atom. The SMILES string of the molecule is CCCCC(=O)/C=C(\C)S(=O)(=O)c1ccc(C)cc1. The van der Waals surface area contributed by atoms with Crippen LogP contribution in [0.25, 0.3) is 0 Å². The predicted octanol–water partition coefficient (Wildman–Crippen LogP) is 3.43. The van der Waals surface area contributed by atoms with E-state index in [1.165, 1.54) is 13.0 Å². The van der Waals surface area contributed by atoms with Gasteiger partial charge in [0.15, 0.2) is 5.78 Å². The van der Waals surface area contributed by atoms with E-state index in [1.54, 1.807) is 24.3 Å². The summed E-state index contributed by atoms with van der Waals surface area (Å²) in [6.07, 6.45) is 3.35. The average Bonchev–Trinajstić information content (AvgIpc) is 2.36. The third-order valence-corrected chi connectivity index (χ3v) is 4.75. The summed E-state index contributed by atoms with van der Waals surface area (Å²) >= 11 is 0. The number of rotatable bonds is 6. The van der Waals surface area contributed by atoms with Gasteiger partial charge in [-0.05, 0) is 38.5 Å². The zero-order chi connectivity index (χ0) is 14.5. The number of carbonyl (C=O) groups excluding carboxylic acids is 1. The molecule has 0 radical (unpaired) electrons. The Balaban J connectivity index is 2.96. The molecular formula is C15H20O3S. The van der Waals surface area contributed by atoms with Crippen molar-refractivity contribution in [1.82, 2.24) is 0 Å². The number of benzene rings is 1. The highest BCUT2D eigenvalue weighted by atomic mass is 32.2. The molecule has 0 amide bonds. The molecule has 0 aliphatic heterocycles. The molecule has 0 spiro atoms. The van der Waals surface area contributed by atoms with Gasteiger partial charge in [0, 0.05) is 11.3 Å². The first-order chi connectivity index (χ1) is 8.87. The summed E-state index contributed by atoms with van der Waals surface area (Å²) in [7, 11) is -3.54. The van der Waals surface area contributed by atoms with Gasteiger partial charge in [-0.25, -0.2) is 8.42 Å². The van der Waals surface area contributed by atoms with Crippen LogP contribution in [0.3, 0.4) is 0 Å². The van der Waals surface area contributed by atoms with Crippen LogP contribution in [-0.2, 0) is 14.6 Å². The van der Waals surface area contributed by atoms with Crippen LogP contribution in [-0.4, -0.2) is 14.2 Å². The van der Waals surface area contributed by atoms with Crippen LogP contribution >= 0.6 is 0 Å². The highest BCUT2D eigenvalue weighted by Gasteiger charge is 2.17. The van der Waals surface area contributed by atoms with Gasteiger partial charge in [0.1, 0.15) is 0 Å². The fourth-order valence-corrected chi connectivity index (χ4v) is 2.78. The lowest BCUT2D eigenvalue weighted by Crippen LogP contribution is -2.05. The second-order valence-corrected chi connectivity index (χ2v) is 6.76. The van der Waals surface area contributed by atoms with E-state index in [0.29, 0.717) is 6.42 Å². The molecule has 0 saturated heterocycles. The van der Waals surface area contributed by atoms with Gasteiger partial charge in [-0.2, -0.15) is 0 Å². The molecule has 0 heterocycles. The minimum atomic E-state index is -3.54. The van der Waals surface area contributed by atoms with Gasteiger partial charge in [0.2, 0.25) is 9.84 Å². The van der Waals surface area contributed by atoms with Gasteiger partial charge >= 0.3 is 0 Å². The van der Waals surface area contributed by atoms with E-state index in [9.17, 15) is 13.2 Å². The van der Waals surface area contributed by atoms with E-state index in [0.717, 1.165) is 18.4 Å². The molecule has 4 heteroatoms. The van der Waals surface area contributed by atoms with E-state index < -0.39 is 9.84 Å². The minimum Gasteiger partial charge on any atom is -0.295 e. The molecule has 0 fully saturated rings. The van der Waals surface area contributed by atoms with Crippen LogP contribution in [0.4, 0.5) is 0 Å². The van der Waals surface area contributed by atoms with E-state index in [1.807, 2.05) is 13.8 Å². The van der Waals surface area contributed by atoms with Crippen LogP contribution in [0.15, 0.2) is 40.1 Å². The van der Waals surface area contributed by atoms with Crippen LogP contribution < -0.4 is 0 Å². The van der Waals surface area contributed by atoms with Gasteiger partial charge in [0.05, 0.1) is 4.90 Å². The van der Waals surface area contributed by atoms with Crippen molar-refractivity contribution in [2.24, 2.45) is 0 Å². The lowest BCUT2D eigenvalue weighted by molar-refractivity contribution is -0.114. The lowest BCUT2D eigenvalue weighted by Gasteiger charge is -2.05. The monoisotopic (exact) mass is 280 g/mol. The number of hydrogen-bond donors (Lipinski definition) is 0. The molecule has 0 atom stereocenters. The zero-order valence-electron chi connectivity index (χ0n) is 11.6. The van der Waals surface area contributed by atoms with Gasteiger partial charge in [-0.15, -0.1) is 0 Å². The fourth-order valence-electron chi connectivity index (χ4n) is 1.63. The summed E-state index contributed by atoms with van der Waals surface area (Å²) in [4.78, 5) is 11.9. The minimum absolute atomic E-state index is 0.109. The molecule has 0 unspecified atom stereocenters. The number of sulfone groups is 1. The second kappa shape index (κ2) is 6.66. The molecule has 0 bridgehead atoms. The summed E-state index contributed by atoms with van der Waals surface area (Å²) < 4.78 is 24.5. The molecule has 0 N–H and O–H groups in total. The number of hydrogen-bond acceptors (Lipinski definition) is 3. The highest BCUT2D eigenvalue weighted by molar-refractivity contribution is 7.95. The molecule has 0 aliphatic carbocycles. The predicted molar refractivity (Wildman–Crippen MR) is 76.7 cm³/mol. The molecule has 1 aromatic carbocycles. The Bertz CT molecular complexity index is 566. The Morgan fingerprint density at radius 1 is 1.21 bits per heavy atom. The summed E-state index contributed by atoms with van der Waals surface area (Å²) in [5.41, 5.74) is 1.000. The third kappa shape index (κ3) is 4.31. The zero-order valence-corrected chi connectivity index (χ0v) is 12.5. The summed E-state index contributed by atoms with van der Waals surface area (Å²) in [5.74, 6) is -0.130. The quantitative estimate of drug-likeness (QED) is 0.750. The molecule has 104 valence electrons. The number of carbonyl (C=O) groups is 1. The number of unbranched alkanes of at least 4 members (excludes halogenated alkanes) is 1. The van der Waals surface area contributed by atoms with Gasteiger partial charge in [-0.3, -0.25) is 4.79 Å². The topological polar surface area (TPSA) is 51.2 Å². The summed E-state index contributed by atoms with van der Waals surface area (Å²) in [6.45, 7) is 5.36. The third-order valence-electron chi connectivity index (χ3n) is 2.90. The van der Waals surface area contributed by atoms with E-state index >= 15 is 0 Å². The first-order valence-electron chi connectivity index (χ1n) is 6.41. The van der Waals surface area contributed by atoms with Crippen molar-refractivity contribution in [2.45, 2.75) is 44.9 Å². The Morgan fingerprint density at radius 2 is 1.79 bits per heavy atom. The van der Waals surface area contributed by atoms with Crippen molar-refractivity contribution in [1.29, 1.82) is 0 Å². The molecule has 3 nitrogen and oxygen atoms in total. The van der Waals surface area contributed by atoms with Crippen molar-refractivity contribution in [3.8, 4) is 0 Å². The van der Waals surface area contributed by atoms with Crippen LogP contribution in [0.2, 0.25) is 0 Å². The standard InChI is InChI=1S/C15H20O3S/c1-4-5-6-14(16)11-13(3)19(17,18)15-9-7-12(2)8-10-15/h7-11H,4-6H2,1-3H3/b13-11+. The fraction of sp³-hybridized carbons (Fsp3) is 0.400. The Hall–Kier alpha value is -1.42. The molecule has 0 saturated carbocycles. The number of allylic oxidation sites excluding steroid dienone is 2. The second-order valence-electron chi connectivity index (χ2n) is 4.64. The maximum Gasteiger partial charge on any atom is 0.202 e. The first kappa shape index (κ1) is 15.6. The smallest absolute Gasteiger partial charge is 0.202 e. The van der Waals surface area contributed by atoms with Gasteiger partial charge in [-0.1, -0.05) is 31.0 Å². The van der Waals surface area contributed by atoms with Gasteiger partial charge < -0.3 is 0 Å². The Kier molecular flexibility index (Phi) is 5.48. The van der Waals surface area contributed by atoms with E-state index in [4.69, 9.17) is 0 Å². The Labute approximate surface area is 115 Å². The van der Waals surface area contributed by atoms with E-state index in [-0.39, 0.29) is 15.6 Å². The number of ketones is 1. The molecule has 0 aliphatic rings. The van der Waals surface area contributed by atoms with Crippen LogP contribution in [0.5, 0.6) is 0 Å². The molecule has 0 aromatic heterocycles. The van der Waals surface area contributed by atoms with Crippen molar-refractivity contribution in [3.05, 3.63) is 40.8 Å². The lowest BCUT2D eigenvalue weighted by atomic mass is 10.2. The van der Waals surface area contributed by atoms with Crippen LogP contribution in [0, 0.1) is 6.92 Å².